The van der Waals surface area contributed by atoms with Crippen LogP contribution in [0.25, 0.3) is 0 Å². The molecule has 6 nitrogen and oxygen atoms in total. The topological polar surface area (TPSA) is 72.1 Å². The molecule has 0 fully saturated rings. The first-order valence-corrected chi connectivity index (χ1v) is 10.3. The summed E-state index contributed by atoms with van der Waals surface area (Å²) in [6.45, 7) is 6.32. The van der Waals surface area contributed by atoms with Crippen LogP contribution in [-0.2, 0) is 13.0 Å². The number of aliphatic imine (C=N–C) groups is 1. The number of ether oxygens (including phenoxy) is 2. The second-order valence-electron chi connectivity index (χ2n) is 7.00. The van der Waals surface area contributed by atoms with Crippen LogP contribution in [0.15, 0.2) is 34.6 Å². The van der Waals surface area contributed by atoms with Crippen LogP contribution in [0.4, 0.5) is 5.69 Å². The Morgan fingerprint density at radius 3 is 2.96 bits per heavy atom. The number of halogens is 1. The van der Waals surface area contributed by atoms with Gasteiger partial charge in [-0.25, -0.2) is 0 Å². The minimum atomic E-state index is 0. The predicted molar refractivity (Wildman–Crippen MR) is 125 cm³/mol. The molecular weight excluding hydrogens is 487 g/mol. The maximum Gasteiger partial charge on any atom is 0.193 e. The highest BCUT2D eigenvalue weighted by Crippen LogP contribution is 2.32. The smallest absolute Gasteiger partial charge is 0.193 e. The van der Waals surface area contributed by atoms with E-state index in [9.17, 15) is 0 Å². The molecule has 0 saturated carbocycles. The SMILES string of the molecule is CC(CN=C(N)Nc1ccc2c(c1)OCCCO2)N1CCc2sccc2C1.I. The van der Waals surface area contributed by atoms with Gasteiger partial charge in [0.1, 0.15) is 0 Å². The van der Waals surface area contributed by atoms with Gasteiger partial charge in [-0.15, -0.1) is 35.3 Å². The molecule has 28 heavy (non-hydrogen) atoms. The van der Waals surface area contributed by atoms with Crippen molar-refractivity contribution in [1.82, 2.24) is 4.90 Å². The monoisotopic (exact) mass is 514 g/mol. The highest BCUT2D eigenvalue weighted by Gasteiger charge is 2.21. The molecule has 0 saturated heterocycles. The number of guanidine groups is 1. The molecule has 1 atom stereocenters. The summed E-state index contributed by atoms with van der Waals surface area (Å²) < 4.78 is 11.4. The standard InChI is InChI=1S/C20H26N4O2S.HI/c1-14(24-7-5-19-15(13-24)6-10-27-19)12-22-20(21)23-16-3-4-17-18(11-16)26-9-2-8-25-17;/h3-4,6,10-11,14H,2,5,7-9,12-13H2,1H3,(H3,21,22,23);1H. The van der Waals surface area contributed by atoms with Gasteiger partial charge in [0.05, 0.1) is 19.8 Å². The third-order valence-corrected chi connectivity index (χ3v) is 6.03. The van der Waals surface area contributed by atoms with E-state index in [0.29, 0.717) is 31.8 Å². The first-order chi connectivity index (χ1) is 13.2. The normalized spacial score (nSPS) is 17.8. The molecule has 1 unspecified atom stereocenters. The summed E-state index contributed by atoms with van der Waals surface area (Å²) in [5, 5.41) is 5.35. The third kappa shape index (κ3) is 5.09. The second kappa shape index (κ2) is 9.80. The van der Waals surface area contributed by atoms with E-state index in [1.165, 1.54) is 10.4 Å². The van der Waals surface area contributed by atoms with Crippen LogP contribution >= 0.6 is 35.3 Å². The summed E-state index contributed by atoms with van der Waals surface area (Å²) in [6.07, 6.45) is 2.02. The van der Waals surface area contributed by atoms with E-state index in [2.05, 4.69) is 33.6 Å². The van der Waals surface area contributed by atoms with E-state index in [1.54, 1.807) is 0 Å². The van der Waals surface area contributed by atoms with Crippen LogP contribution in [0.3, 0.4) is 0 Å². The van der Waals surface area contributed by atoms with Crippen LogP contribution in [0, 0.1) is 0 Å². The zero-order chi connectivity index (χ0) is 18.6. The molecule has 0 spiro atoms. The van der Waals surface area contributed by atoms with Crippen molar-refractivity contribution in [2.45, 2.75) is 32.4 Å². The molecule has 2 aliphatic rings. The van der Waals surface area contributed by atoms with Crippen molar-refractivity contribution in [2.75, 3.05) is 31.6 Å². The Kier molecular flexibility index (Phi) is 7.42. The van der Waals surface area contributed by atoms with Crippen molar-refractivity contribution < 1.29 is 9.47 Å². The number of nitrogens with one attached hydrogen (secondary N) is 1. The van der Waals surface area contributed by atoms with Gasteiger partial charge < -0.3 is 20.5 Å². The number of benzene rings is 1. The fourth-order valence-electron chi connectivity index (χ4n) is 3.42. The molecule has 1 aromatic heterocycles. The van der Waals surface area contributed by atoms with Crippen molar-refractivity contribution in [3.63, 3.8) is 0 Å². The van der Waals surface area contributed by atoms with Crippen molar-refractivity contribution in [2.24, 2.45) is 10.7 Å². The van der Waals surface area contributed by atoms with Crippen LogP contribution in [0.5, 0.6) is 11.5 Å². The van der Waals surface area contributed by atoms with E-state index in [-0.39, 0.29) is 24.0 Å². The van der Waals surface area contributed by atoms with Crippen LogP contribution < -0.4 is 20.5 Å². The maximum absolute atomic E-state index is 6.10. The molecule has 4 rings (SSSR count). The fourth-order valence-corrected chi connectivity index (χ4v) is 4.31. The zero-order valence-corrected chi connectivity index (χ0v) is 19.2. The first kappa shape index (κ1) is 21.2. The van der Waals surface area contributed by atoms with Gasteiger partial charge in [0, 0.05) is 42.2 Å². The van der Waals surface area contributed by atoms with Gasteiger partial charge in [-0.2, -0.15) is 0 Å². The Hall–Kier alpha value is -1.52. The number of nitrogens with two attached hydrogens (primary N) is 1. The summed E-state index contributed by atoms with van der Waals surface area (Å²) in [4.78, 5) is 8.54. The molecule has 2 aliphatic heterocycles. The number of rotatable bonds is 4. The first-order valence-electron chi connectivity index (χ1n) is 9.45. The number of anilines is 1. The Balaban J connectivity index is 0.00000225. The Morgan fingerprint density at radius 2 is 2.11 bits per heavy atom. The van der Waals surface area contributed by atoms with Gasteiger partial charge in [0.25, 0.3) is 0 Å². The van der Waals surface area contributed by atoms with Gasteiger partial charge in [-0.3, -0.25) is 9.89 Å². The third-order valence-electron chi connectivity index (χ3n) is 5.01. The zero-order valence-electron chi connectivity index (χ0n) is 16.0. The lowest BCUT2D eigenvalue weighted by molar-refractivity contribution is 0.197. The molecule has 1 aromatic carbocycles. The summed E-state index contributed by atoms with van der Waals surface area (Å²) in [7, 11) is 0. The fraction of sp³-hybridized carbons (Fsp3) is 0.450. The highest BCUT2D eigenvalue weighted by atomic mass is 127. The largest absolute Gasteiger partial charge is 0.490 e. The van der Waals surface area contributed by atoms with Crippen molar-refractivity contribution >= 4 is 47.0 Å². The summed E-state index contributed by atoms with van der Waals surface area (Å²) in [6, 6.07) is 8.34. The van der Waals surface area contributed by atoms with E-state index in [4.69, 9.17) is 15.2 Å². The molecular formula is C20H27IN4O2S. The van der Waals surface area contributed by atoms with Crippen LogP contribution in [0.1, 0.15) is 23.8 Å². The lowest BCUT2D eigenvalue weighted by Crippen LogP contribution is -2.39. The van der Waals surface area contributed by atoms with Gasteiger partial charge >= 0.3 is 0 Å². The minimum absolute atomic E-state index is 0. The van der Waals surface area contributed by atoms with Gasteiger partial charge in [0.2, 0.25) is 0 Å². The number of hydrogen-bond donors (Lipinski definition) is 2. The number of thiophene rings is 1. The summed E-state index contributed by atoms with van der Waals surface area (Å²) in [5.41, 5.74) is 8.41. The molecule has 0 aliphatic carbocycles. The van der Waals surface area contributed by atoms with E-state index < -0.39 is 0 Å². The lowest BCUT2D eigenvalue weighted by Gasteiger charge is -2.31. The maximum atomic E-state index is 6.10. The molecule has 0 amide bonds. The summed E-state index contributed by atoms with van der Waals surface area (Å²) >= 11 is 1.87. The molecule has 8 heteroatoms. The second-order valence-corrected chi connectivity index (χ2v) is 8.00. The molecule has 152 valence electrons. The van der Waals surface area contributed by atoms with Crippen molar-refractivity contribution in [3.8, 4) is 11.5 Å². The van der Waals surface area contributed by atoms with E-state index in [1.807, 2.05) is 29.5 Å². The van der Waals surface area contributed by atoms with Crippen molar-refractivity contribution in [3.05, 3.63) is 40.1 Å². The van der Waals surface area contributed by atoms with E-state index in [0.717, 1.165) is 43.1 Å². The quantitative estimate of drug-likeness (QED) is 0.370. The minimum Gasteiger partial charge on any atom is -0.490 e. The van der Waals surface area contributed by atoms with Crippen LogP contribution in [-0.4, -0.2) is 43.2 Å². The van der Waals surface area contributed by atoms with E-state index >= 15 is 0 Å². The van der Waals surface area contributed by atoms with Gasteiger partial charge in [-0.05, 0) is 42.5 Å². The Labute approximate surface area is 187 Å². The average Bonchev–Trinajstić information content (AvgIpc) is 3.02. The Bertz CT molecular complexity index is 826. The highest BCUT2D eigenvalue weighted by molar-refractivity contribution is 14.0. The molecule has 2 aromatic rings. The lowest BCUT2D eigenvalue weighted by atomic mass is 10.1. The predicted octanol–water partition coefficient (Wildman–Crippen LogP) is 3.70. The molecule has 0 radical (unpaired) electrons. The van der Waals surface area contributed by atoms with Crippen LogP contribution in [0.2, 0.25) is 0 Å². The van der Waals surface area contributed by atoms with Crippen molar-refractivity contribution in [1.29, 1.82) is 0 Å². The van der Waals surface area contributed by atoms with Gasteiger partial charge in [-0.1, -0.05) is 0 Å². The molecule has 3 heterocycles. The number of hydrogen-bond acceptors (Lipinski definition) is 5. The average molecular weight is 514 g/mol. The molecule has 3 N–H and O–H groups in total. The number of nitrogens with zero attached hydrogens (tertiary/aromatic N) is 2. The Morgan fingerprint density at radius 1 is 1.29 bits per heavy atom. The van der Waals surface area contributed by atoms with Gasteiger partial charge in [0.15, 0.2) is 17.5 Å². The number of fused-ring (bicyclic) bond motifs is 2. The molecule has 0 bridgehead atoms. The summed E-state index contributed by atoms with van der Waals surface area (Å²) in [5.74, 6) is 1.95.